The van der Waals surface area contributed by atoms with E-state index < -0.39 is 0 Å². The Kier molecular flexibility index (Phi) is 5.72. The van der Waals surface area contributed by atoms with Crippen LogP contribution in [0.4, 0.5) is 4.79 Å². The first-order valence-electron chi connectivity index (χ1n) is 9.14. The Morgan fingerprint density at radius 2 is 1.96 bits per heavy atom. The highest BCUT2D eigenvalue weighted by Crippen LogP contribution is 2.21. The van der Waals surface area contributed by atoms with E-state index in [9.17, 15) is 14.4 Å². The molecule has 0 unspecified atom stereocenters. The first-order chi connectivity index (χ1) is 13.4. The lowest BCUT2D eigenvalue weighted by molar-refractivity contribution is -0.132. The van der Waals surface area contributed by atoms with Gasteiger partial charge in [-0.1, -0.05) is 12.1 Å². The molecule has 28 heavy (non-hydrogen) atoms. The van der Waals surface area contributed by atoms with Crippen molar-refractivity contribution in [2.75, 3.05) is 27.2 Å². The Bertz CT molecular complexity index is 849. The fourth-order valence-corrected chi connectivity index (χ4v) is 3.14. The van der Waals surface area contributed by atoms with Crippen LogP contribution < -0.4 is 0 Å². The quantitative estimate of drug-likeness (QED) is 0.674. The lowest BCUT2D eigenvalue weighted by Gasteiger charge is -2.26. The van der Waals surface area contributed by atoms with E-state index in [1.807, 2.05) is 31.2 Å². The zero-order valence-electron chi connectivity index (χ0n) is 16.3. The molecule has 148 valence electrons. The van der Waals surface area contributed by atoms with E-state index in [4.69, 9.17) is 0 Å². The minimum atomic E-state index is -0.299. The van der Waals surface area contributed by atoms with Crippen LogP contribution in [0, 0.1) is 0 Å². The van der Waals surface area contributed by atoms with Gasteiger partial charge in [0.25, 0.3) is 0 Å². The number of urea groups is 1. The SMILES string of the molecule is C[C@@H](c1ccc(-n2cncn2)cc1)N(C)C(=O)CCCN1C(=O)CN(C)C1=O. The van der Waals surface area contributed by atoms with Crippen molar-refractivity contribution in [1.82, 2.24) is 29.5 Å². The van der Waals surface area contributed by atoms with E-state index in [1.165, 1.54) is 16.1 Å². The van der Waals surface area contributed by atoms with Crippen LogP contribution in [0.15, 0.2) is 36.9 Å². The van der Waals surface area contributed by atoms with Crippen molar-refractivity contribution in [1.29, 1.82) is 0 Å². The summed E-state index contributed by atoms with van der Waals surface area (Å²) in [5.74, 6) is -0.241. The van der Waals surface area contributed by atoms with Crippen LogP contribution >= 0.6 is 0 Å². The molecule has 9 heteroatoms. The van der Waals surface area contributed by atoms with Gasteiger partial charge in [0.2, 0.25) is 11.8 Å². The molecule has 1 atom stereocenters. The van der Waals surface area contributed by atoms with E-state index in [-0.39, 0.29) is 43.4 Å². The van der Waals surface area contributed by atoms with E-state index in [0.29, 0.717) is 6.42 Å². The maximum Gasteiger partial charge on any atom is 0.326 e. The normalized spacial score (nSPS) is 15.2. The summed E-state index contributed by atoms with van der Waals surface area (Å²) >= 11 is 0. The number of nitrogens with zero attached hydrogens (tertiary/aromatic N) is 6. The highest BCUT2D eigenvalue weighted by molar-refractivity contribution is 6.01. The van der Waals surface area contributed by atoms with Crippen molar-refractivity contribution in [2.45, 2.75) is 25.8 Å². The Balaban J connectivity index is 1.52. The Hall–Kier alpha value is -3.23. The molecule has 4 amide bonds. The average molecular weight is 384 g/mol. The van der Waals surface area contributed by atoms with Gasteiger partial charge in [0.05, 0.1) is 11.7 Å². The van der Waals surface area contributed by atoms with Crippen molar-refractivity contribution in [3.05, 3.63) is 42.5 Å². The molecule has 1 saturated heterocycles. The predicted octanol–water partition coefficient (Wildman–Crippen LogP) is 1.46. The molecule has 1 fully saturated rings. The lowest BCUT2D eigenvalue weighted by Crippen LogP contribution is -2.34. The number of rotatable bonds is 7. The zero-order chi connectivity index (χ0) is 20.3. The molecular formula is C19H24N6O3. The minimum Gasteiger partial charge on any atom is -0.339 e. The molecule has 2 heterocycles. The molecule has 0 aliphatic carbocycles. The number of hydrogen-bond donors (Lipinski definition) is 0. The number of hydrogen-bond acceptors (Lipinski definition) is 5. The van der Waals surface area contributed by atoms with Gasteiger partial charge in [0.1, 0.15) is 19.2 Å². The monoisotopic (exact) mass is 384 g/mol. The van der Waals surface area contributed by atoms with Crippen LogP contribution in [0.2, 0.25) is 0 Å². The summed E-state index contributed by atoms with van der Waals surface area (Å²) in [5.41, 5.74) is 1.90. The van der Waals surface area contributed by atoms with Crippen LogP contribution in [0.3, 0.4) is 0 Å². The summed E-state index contributed by atoms with van der Waals surface area (Å²) in [5, 5.41) is 4.09. The van der Waals surface area contributed by atoms with E-state index in [0.717, 1.165) is 11.3 Å². The molecule has 0 spiro atoms. The third-order valence-corrected chi connectivity index (χ3v) is 5.04. The highest BCUT2D eigenvalue weighted by Gasteiger charge is 2.33. The van der Waals surface area contributed by atoms with Gasteiger partial charge in [0, 0.05) is 27.1 Å². The van der Waals surface area contributed by atoms with Crippen LogP contribution in [0.25, 0.3) is 5.69 Å². The fourth-order valence-electron chi connectivity index (χ4n) is 3.14. The standard InChI is InChI=1S/C19H24N6O3/c1-14(15-6-8-16(9-7-15)25-13-20-12-21-25)23(3)17(26)5-4-10-24-18(27)11-22(2)19(24)28/h6-9,12-14H,4-5,10-11H2,1-3H3/t14-/m0/s1. The summed E-state index contributed by atoms with van der Waals surface area (Å²) in [6.07, 6.45) is 3.83. The average Bonchev–Trinajstić information content (AvgIpc) is 3.31. The van der Waals surface area contributed by atoms with Gasteiger partial charge >= 0.3 is 6.03 Å². The number of carbonyl (C=O) groups excluding carboxylic acids is 3. The molecule has 0 radical (unpaired) electrons. The maximum atomic E-state index is 12.5. The molecule has 3 rings (SSSR count). The number of carbonyl (C=O) groups is 3. The maximum absolute atomic E-state index is 12.5. The van der Waals surface area contributed by atoms with Crippen LogP contribution in [-0.2, 0) is 9.59 Å². The van der Waals surface area contributed by atoms with Gasteiger partial charge < -0.3 is 9.80 Å². The van der Waals surface area contributed by atoms with Gasteiger partial charge in [-0.2, -0.15) is 5.10 Å². The van der Waals surface area contributed by atoms with Crippen LogP contribution in [0.1, 0.15) is 31.4 Å². The topological polar surface area (TPSA) is 91.6 Å². The first-order valence-corrected chi connectivity index (χ1v) is 9.14. The summed E-state index contributed by atoms with van der Waals surface area (Å²) in [4.78, 5) is 44.3. The van der Waals surface area contributed by atoms with Gasteiger partial charge in [-0.25, -0.2) is 14.5 Å². The van der Waals surface area contributed by atoms with Crippen LogP contribution in [-0.4, -0.2) is 74.5 Å². The Labute approximate surface area is 163 Å². The van der Waals surface area contributed by atoms with E-state index >= 15 is 0 Å². The minimum absolute atomic E-state index is 0.0275. The second-order valence-electron chi connectivity index (χ2n) is 6.90. The molecule has 9 nitrogen and oxygen atoms in total. The predicted molar refractivity (Wildman–Crippen MR) is 102 cm³/mol. The molecule has 2 aromatic rings. The van der Waals surface area contributed by atoms with Crippen molar-refractivity contribution in [2.24, 2.45) is 0 Å². The first kappa shape index (κ1) is 19.5. The van der Waals surface area contributed by atoms with Crippen molar-refractivity contribution < 1.29 is 14.4 Å². The summed E-state index contributed by atoms with van der Waals surface area (Å²) in [6, 6.07) is 7.39. The van der Waals surface area contributed by atoms with Crippen molar-refractivity contribution >= 4 is 17.8 Å². The smallest absolute Gasteiger partial charge is 0.326 e. The summed E-state index contributed by atoms with van der Waals surface area (Å²) in [7, 11) is 3.35. The number of likely N-dealkylation sites (N-methyl/N-ethyl adjacent to an activating group) is 1. The third kappa shape index (κ3) is 4.03. The molecule has 0 saturated carbocycles. The number of benzene rings is 1. The Morgan fingerprint density at radius 3 is 2.54 bits per heavy atom. The number of aromatic nitrogens is 3. The second kappa shape index (κ2) is 8.20. The molecule has 1 aromatic heterocycles. The molecule has 1 aliphatic heterocycles. The molecule has 1 aliphatic rings. The van der Waals surface area contributed by atoms with Gasteiger partial charge in [-0.3, -0.25) is 14.5 Å². The van der Waals surface area contributed by atoms with Crippen molar-refractivity contribution in [3.8, 4) is 5.69 Å². The largest absolute Gasteiger partial charge is 0.339 e. The summed E-state index contributed by atoms with van der Waals surface area (Å²) < 4.78 is 1.67. The summed E-state index contributed by atoms with van der Waals surface area (Å²) in [6.45, 7) is 2.34. The number of imide groups is 1. The number of amides is 4. The molecule has 0 bridgehead atoms. The van der Waals surface area contributed by atoms with E-state index in [2.05, 4.69) is 10.1 Å². The second-order valence-corrected chi connectivity index (χ2v) is 6.90. The van der Waals surface area contributed by atoms with Gasteiger partial charge in [-0.15, -0.1) is 0 Å². The lowest BCUT2D eigenvalue weighted by atomic mass is 10.1. The highest BCUT2D eigenvalue weighted by atomic mass is 16.2. The van der Waals surface area contributed by atoms with Gasteiger partial charge in [0.15, 0.2) is 0 Å². The zero-order valence-corrected chi connectivity index (χ0v) is 16.3. The van der Waals surface area contributed by atoms with Gasteiger partial charge in [-0.05, 0) is 31.0 Å². The third-order valence-electron chi connectivity index (χ3n) is 5.04. The fraction of sp³-hybridized carbons (Fsp3) is 0.421. The van der Waals surface area contributed by atoms with E-state index in [1.54, 1.807) is 30.0 Å². The molecule has 1 aromatic carbocycles. The van der Waals surface area contributed by atoms with Crippen LogP contribution in [0.5, 0.6) is 0 Å². The van der Waals surface area contributed by atoms with Crippen molar-refractivity contribution in [3.63, 3.8) is 0 Å². The molecular weight excluding hydrogens is 360 g/mol. The Morgan fingerprint density at radius 1 is 1.25 bits per heavy atom. The molecule has 0 N–H and O–H groups in total.